The highest BCUT2D eigenvalue weighted by Crippen LogP contribution is 2.17. The summed E-state index contributed by atoms with van der Waals surface area (Å²) < 4.78 is 5.17. The first kappa shape index (κ1) is 14.7. The maximum atomic E-state index is 11.9. The van der Waals surface area contributed by atoms with Crippen LogP contribution >= 0.6 is 0 Å². The molecular weight excluding hydrogens is 254 g/mol. The van der Waals surface area contributed by atoms with Crippen LogP contribution in [-0.4, -0.2) is 35.8 Å². The summed E-state index contributed by atoms with van der Waals surface area (Å²) in [5, 5.41) is 0. The van der Waals surface area contributed by atoms with Gasteiger partial charge in [0.25, 0.3) is 0 Å². The van der Waals surface area contributed by atoms with Crippen molar-refractivity contribution in [3.63, 3.8) is 0 Å². The van der Waals surface area contributed by atoms with Gasteiger partial charge in [0.2, 0.25) is 0 Å². The van der Waals surface area contributed by atoms with Gasteiger partial charge < -0.3 is 4.74 Å². The van der Waals surface area contributed by atoms with E-state index in [-0.39, 0.29) is 17.9 Å². The number of likely N-dealkylation sites (tertiary alicyclic amines) is 1. The summed E-state index contributed by atoms with van der Waals surface area (Å²) >= 11 is 0. The van der Waals surface area contributed by atoms with E-state index in [0.29, 0.717) is 19.5 Å². The Morgan fingerprint density at radius 1 is 1.35 bits per heavy atom. The van der Waals surface area contributed by atoms with Crippen molar-refractivity contribution >= 4 is 11.8 Å². The lowest BCUT2D eigenvalue weighted by Crippen LogP contribution is -2.44. The van der Waals surface area contributed by atoms with Crippen LogP contribution in [0.1, 0.15) is 25.8 Å². The second-order valence-electron chi connectivity index (χ2n) is 5.48. The molecule has 0 spiro atoms. The second kappa shape index (κ2) is 6.66. The van der Waals surface area contributed by atoms with Crippen LogP contribution in [0.2, 0.25) is 0 Å². The lowest BCUT2D eigenvalue weighted by Gasteiger charge is -2.30. The van der Waals surface area contributed by atoms with Crippen LogP contribution in [0.15, 0.2) is 30.3 Å². The molecule has 0 amide bonds. The summed E-state index contributed by atoms with van der Waals surface area (Å²) in [6, 6.07) is 10.1. The van der Waals surface area contributed by atoms with Gasteiger partial charge in [0.1, 0.15) is 11.7 Å². The second-order valence-corrected chi connectivity index (χ2v) is 5.48. The van der Waals surface area contributed by atoms with E-state index in [1.807, 2.05) is 18.2 Å². The minimum atomic E-state index is -0.630. The molecule has 4 heteroatoms. The summed E-state index contributed by atoms with van der Waals surface area (Å²) in [4.78, 5) is 26.0. The molecule has 4 nitrogen and oxygen atoms in total. The fourth-order valence-electron chi connectivity index (χ4n) is 2.40. The van der Waals surface area contributed by atoms with Gasteiger partial charge in [-0.2, -0.15) is 0 Å². The van der Waals surface area contributed by atoms with Gasteiger partial charge in [-0.15, -0.1) is 0 Å². The third-order valence-corrected chi connectivity index (χ3v) is 3.39. The number of rotatable bonds is 4. The number of hydrogen-bond donors (Lipinski definition) is 0. The van der Waals surface area contributed by atoms with Crippen LogP contribution in [0.5, 0.6) is 0 Å². The summed E-state index contributed by atoms with van der Waals surface area (Å²) in [5.41, 5.74) is 1.19. The number of Topliss-reactive ketones (excluding diaryl/α,β-unsaturated/α-hetero) is 1. The Kier molecular flexibility index (Phi) is 4.90. The minimum absolute atomic E-state index is 0.0000355. The van der Waals surface area contributed by atoms with Gasteiger partial charge >= 0.3 is 5.97 Å². The zero-order chi connectivity index (χ0) is 14.5. The molecule has 0 N–H and O–H groups in total. The fraction of sp³-hybridized carbons (Fsp3) is 0.500. The molecule has 0 aliphatic carbocycles. The molecule has 2 rings (SSSR count). The third-order valence-electron chi connectivity index (χ3n) is 3.39. The number of esters is 1. The maximum Gasteiger partial charge on any atom is 0.318 e. The Labute approximate surface area is 119 Å². The first-order valence-electron chi connectivity index (χ1n) is 7.05. The van der Waals surface area contributed by atoms with Gasteiger partial charge in [0.15, 0.2) is 0 Å². The number of carbonyl (C=O) groups excluding carboxylic acids is 2. The van der Waals surface area contributed by atoms with Crippen molar-refractivity contribution in [1.29, 1.82) is 0 Å². The first-order valence-corrected chi connectivity index (χ1v) is 7.05. The average molecular weight is 275 g/mol. The molecule has 0 aromatic heterocycles. The van der Waals surface area contributed by atoms with Crippen molar-refractivity contribution < 1.29 is 14.3 Å². The van der Waals surface area contributed by atoms with Crippen LogP contribution in [0.4, 0.5) is 0 Å². The van der Waals surface area contributed by atoms with E-state index in [1.54, 1.807) is 13.8 Å². The highest BCUT2D eigenvalue weighted by Gasteiger charge is 2.34. The van der Waals surface area contributed by atoms with Gasteiger partial charge in [-0.25, -0.2) is 0 Å². The van der Waals surface area contributed by atoms with Gasteiger partial charge in [0.05, 0.1) is 6.10 Å². The van der Waals surface area contributed by atoms with Crippen molar-refractivity contribution in [1.82, 2.24) is 4.90 Å². The van der Waals surface area contributed by atoms with Crippen molar-refractivity contribution in [3.05, 3.63) is 35.9 Å². The largest absolute Gasteiger partial charge is 0.462 e. The number of piperidine rings is 1. The standard InChI is InChI=1S/C16H21NO3/c1-12(2)20-16(19)14-11-17(9-8-15(14)18)10-13-6-4-3-5-7-13/h3-7,12,14H,8-11H2,1-2H3. The van der Waals surface area contributed by atoms with Crippen molar-refractivity contribution in [2.45, 2.75) is 32.9 Å². The molecule has 1 unspecified atom stereocenters. The zero-order valence-electron chi connectivity index (χ0n) is 12.0. The quantitative estimate of drug-likeness (QED) is 0.623. The molecule has 0 bridgehead atoms. The molecule has 1 heterocycles. The summed E-state index contributed by atoms with van der Waals surface area (Å²) in [7, 11) is 0. The highest BCUT2D eigenvalue weighted by molar-refractivity contribution is 5.99. The molecular formula is C16H21NO3. The Morgan fingerprint density at radius 2 is 2.05 bits per heavy atom. The molecule has 1 aromatic rings. The average Bonchev–Trinajstić information content (AvgIpc) is 2.41. The van der Waals surface area contributed by atoms with Gasteiger partial charge in [-0.1, -0.05) is 30.3 Å². The molecule has 1 aliphatic rings. The molecule has 20 heavy (non-hydrogen) atoms. The fourth-order valence-corrected chi connectivity index (χ4v) is 2.40. The summed E-state index contributed by atoms with van der Waals surface area (Å²) in [6.07, 6.45) is 0.241. The zero-order valence-corrected chi connectivity index (χ0v) is 12.0. The number of ether oxygens (including phenoxy) is 1. The lowest BCUT2D eigenvalue weighted by molar-refractivity contribution is -0.157. The number of hydrogen-bond acceptors (Lipinski definition) is 4. The highest BCUT2D eigenvalue weighted by atomic mass is 16.5. The van der Waals surface area contributed by atoms with Gasteiger partial charge in [-0.3, -0.25) is 14.5 Å². The molecule has 1 aliphatic heterocycles. The van der Waals surface area contributed by atoms with Crippen LogP contribution in [-0.2, 0) is 20.9 Å². The summed E-state index contributed by atoms with van der Waals surface area (Å²) in [5.74, 6) is -1.02. The Hall–Kier alpha value is -1.68. The lowest BCUT2D eigenvalue weighted by atomic mass is 9.96. The number of ketones is 1. The number of nitrogens with zero attached hydrogens (tertiary/aromatic N) is 1. The molecule has 1 saturated heterocycles. The van der Waals surface area contributed by atoms with Crippen LogP contribution < -0.4 is 0 Å². The van der Waals surface area contributed by atoms with Crippen LogP contribution in [0.25, 0.3) is 0 Å². The van der Waals surface area contributed by atoms with E-state index in [4.69, 9.17) is 4.74 Å². The minimum Gasteiger partial charge on any atom is -0.462 e. The van der Waals surface area contributed by atoms with Gasteiger partial charge in [0, 0.05) is 26.1 Å². The smallest absolute Gasteiger partial charge is 0.318 e. The van der Waals surface area contributed by atoms with Crippen molar-refractivity contribution in [2.75, 3.05) is 13.1 Å². The maximum absolute atomic E-state index is 11.9. The SMILES string of the molecule is CC(C)OC(=O)C1CN(Cc2ccccc2)CCC1=O. The predicted molar refractivity (Wildman–Crippen MR) is 76.1 cm³/mol. The van der Waals surface area contributed by atoms with E-state index in [1.165, 1.54) is 5.56 Å². The van der Waals surface area contributed by atoms with Crippen molar-refractivity contribution in [2.24, 2.45) is 5.92 Å². The van der Waals surface area contributed by atoms with Crippen molar-refractivity contribution in [3.8, 4) is 0 Å². The van der Waals surface area contributed by atoms with E-state index < -0.39 is 5.92 Å². The van der Waals surface area contributed by atoms with Crippen LogP contribution in [0.3, 0.4) is 0 Å². The molecule has 1 fully saturated rings. The van der Waals surface area contributed by atoms with Gasteiger partial charge in [-0.05, 0) is 19.4 Å². The first-order chi connectivity index (χ1) is 9.56. The molecule has 108 valence electrons. The molecule has 1 aromatic carbocycles. The Bertz CT molecular complexity index is 470. The number of carbonyl (C=O) groups is 2. The number of benzene rings is 1. The Morgan fingerprint density at radius 3 is 2.70 bits per heavy atom. The third kappa shape index (κ3) is 3.90. The molecule has 1 atom stereocenters. The Balaban J connectivity index is 1.97. The normalized spacial score (nSPS) is 20.1. The summed E-state index contributed by atoms with van der Waals surface area (Å²) in [6.45, 7) is 5.53. The van der Waals surface area contributed by atoms with Crippen LogP contribution in [0, 0.1) is 5.92 Å². The molecule has 0 saturated carbocycles. The topological polar surface area (TPSA) is 46.6 Å². The predicted octanol–water partition coefficient (Wildman–Crippen LogP) is 2.03. The van der Waals surface area contributed by atoms with E-state index in [9.17, 15) is 9.59 Å². The van der Waals surface area contributed by atoms with E-state index in [2.05, 4.69) is 17.0 Å². The molecule has 0 radical (unpaired) electrons. The van der Waals surface area contributed by atoms with E-state index >= 15 is 0 Å². The monoisotopic (exact) mass is 275 g/mol. The van der Waals surface area contributed by atoms with E-state index in [0.717, 1.165) is 6.54 Å².